The number of halogens is 2. The van der Waals surface area contributed by atoms with Gasteiger partial charge in [-0.15, -0.1) is 24.8 Å². The molecule has 3 N–H and O–H groups in total. The summed E-state index contributed by atoms with van der Waals surface area (Å²) in [7, 11) is 1.70. The van der Waals surface area contributed by atoms with Crippen LogP contribution in [0.15, 0.2) is 24.3 Å². The monoisotopic (exact) mass is 278 g/mol. The number of methoxy groups -OCH3 is 1. The van der Waals surface area contributed by atoms with E-state index in [0.29, 0.717) is 0 Å². The molecule has 0 radical (unpaired) electrons. The molecule has 2 rings (SSSR count). The summed E-state index contributed by atoms with van der Waals surface area (Å²) in [5.74, 6) is 0.905. The molecular formula is C12H20Cl2N2O. The van der Waals surface area contributed by atoms with Gasteiger partial charge < -0.3 is 15.8 Å². The Kier molecular flexibility index (Phi) is 6.87. The zero-order chi connectivity index (χ0) is 10.7. The number of nitrogens with two attached hydrogens (primary N) is 1. The zero-order valence-corrected chi connectivity index (χ0v) is 11.6. The molecule has 1 saturated heterocycles. The van der Waals surface area contributed by atoms with Crippen LogP contribution in [0.4, 0.5) is 0 Å². The number of benzene rings is 1. The van der Waals surface area contributed by atoms with Crippen LogP contribution in [0.3, 0.4) is 0 Å². The van der Waals surface area contributed by atoms with E-state index in [-0.39, 0.29) is 30.4 Å². The van der Waals surface area contributed by atoms with Crippen LogP contribution in [0, 0.1) is 0 Å². The van der Waals surface area contributed by atoms with Crippen molar-refractivity contribution < 1.29 is 4.74 Å². The van der Waals surface area contributed by atoms with Gasteiger partial charge in [-0.25, -0.2) is 0 Å². The highest BCUT2D eigenvalue weighted by molar-refractivity contribution is 5.85. The average Bonchev–Trinajstić information content (AvgIpc) is 2.30. The van der Waals surface area contributed by atoms with Gasteiger partial charge in [-0.1, -0.05) is 18.2 Å². The quantitative estimate of drug-likeness (QED) is 0.871. The molecule has 1 aromatic carbocycles. The Morgan fingerprint density at radius 3 is 2.35 bits per heavy atom. The van der Waals surface area contributed by atoms with Crippen molar-refractivity contribution in [1.82, 2.24) is 5.32 Å². The number of hydrogen-bond donors (Lipinski definition) is 2. The average molecular weight is 279 g/mol. The van der Waals surface area contributed by atoms with Crippen LogP contribution in [-0.4, -0.2) is 20.2 Å². The molecule has 1 aromatic rings. The van der Waals surface area contributed by atoms with E-state index in [9.17, 15) is 0 Å². The van der Waals surface area contributed by atoms with E-state index in [0.717, 1.165) is 37.2 Å². The molecule has 0 aliphatic carbocycles. The molecule has 0 spiro atoms. The second-order valence-corrected chi connectivity index (χ2v) is 4.11. The largest absolute Gasteiger partial charge is 0.496 e. The highest BCUT2D eigenvalue weighted by Gasteiger charge is 2.31. The molecule has 0 saturated carbocycles. The summed E-state index contributed by atoms with van der Waals surface area (Å²) in [5, 5.41) is 3.33. The molecule has 0 atom stereocenters. The van der Waals surface area contributed by atoms with E-state index < -0.39 is 0 Å². The minimum absolute atomic E-state index is 0. The SMILES string of the molecule is COc1ccccc1C1(N)CCNCC1.Cl.Cl. The summed E-state index contributed by atoms with van der Waals surface area (Å²) in [6.07, 6.45) is 1.93. The lowest BCUT2D eigenvalue weighted by molar-refractivity contribution is 0.302. The van der Waals surface area contributed by atoms with Crippen molar-refractivity contribution in [3.8, 4) is 5.75 Å². The summed E-state index contributed by atoms with van der Waals surface area (Å²) in [4.78, 5) is 0. The summed E-state index contributed by atoms with van der Waals surface area (Å²) in [5.41, 5.74) is 7.35. The molecule has 1 fully saturated rings. The number of piperidine rings is 1. The molecule has 0 unspecified atom stereocenters. The maximum Gasteiger partial charge on any atom is 0.123 e. The third-order valence-corrected chi connectivity index (χ3v) is 3.14. The predicted molar refractivity (Wildman–Crippen MR) is 75.5 cm³/mol. The molecule has 1 heterocycles. The molecule has 5 heteroatoms. The van der Waals surface area contributed by atoms with Gasteiger partial charge in [0.05, 0.1) is 7.11 Å². The molecule has 0 aromatic heterocycles. The van der Waals surface area contributed by atoms with Crippen molar-refractivity contribution in [3.05, 3.63) is 29.8 Å². The fourth-order valence-electron chi connectivity index (χ4n) is 2.20. The van der Waals surface area contributed by atoms with Crippen LogP contribution in [0.1, 0.15) is 18.4 Å². The van der Waals surface area contributed by atoms with Crippen LogP contribution in [0.2, 0.25) is 0 Å². The van der Waals surface area contributed by atoms with Gasteiger partial charge in [0.15, 0.2) is 0 Å². The van der Waals surface area contributed by atoms with Gasteiger partial charge in [-0.2, -0.15) is 0 Å². The van der Waals surface area contributed by atoms with E-state index in [1.54, 1.807) is 7.11 Å². The van der Waals surface area contributed by atoms with E-state index in [2.05, 4.69) is 11.4 Å². The van der Waals surface area contributed by atoms with Gasteiger partial charge >= 0.3 is 0 Å². The summed E-state index contributed by atoms with van der Waals surface area (Å²) in [6.45, 7) is 1.96. The minimum Gasteiger partial charge on any atom is -0.496 e. The number of hydrogen-bond acceptors (Lipinski definition) is 3. The molecular weight excluding hydrogens is 259 g/mol. The second-order valence-electron chi connectivity index (χ2n) is 4.11. The lowest BCUT2D eigenvalue weighted by atomic mass is 9.82. The molecule has 0 bridgehead atoms. The number of para-hydroxylation sites is 1. The van der Waals surface area contributed by atoms with Crippen molar-refractivity contribution in [2.75, 3.05) is 20.2 Å². The molecule has 1 aliphatic heterocycles. The third kappa shape index (κ3) is 3.49. The lowest BCUT2D eigenvalue weighted by Crippen LogP contribution is -2.46. The van der Waals surface area contributed by atoms with Crippen molar-refractivity contribution in [2.24, 2.45) is 5.73 Å². The van der Waals surface area contributed by atoms with Gasteiger partial charge in [-0.05, 0) is 32.0 Å². The Balaban J connectivity index is 0.00000128. The second kappa shape index (κ2) is 7.07. The molecule has 1 aliphatic rings. The summed E-state index contributed by atoms with van der Waals surface area (Å²) < 4.78 is 5.36. The number of ether oxygens (including phenoxy) is 1. The molecule has 3 nitrogen and oxygen atoms in total. The van der Waals surface area contributed by atoms with Crippen LogP contribution in [0.5, 0.6) is 5.75 Å². The Morgan fingerprint density at radius 2 is 1.76 bits per heavy atom. The predicted octanol–water partition coefficient (Wildman–Crippen LogP) is 2.08. The first-order valence-electron chi connectivity index (χ1n) is 5.39. The fraction of sp³-hybridized carbons (Fsp3) is 0.500. The Hall–Kier alpha value is -0.480. The Labute approximate surface area is 115 Å². The fourth-order valence-corrected chi connectivity index (χ4v) is 2.20. The Morgan fingerprint density at radius 1 is 1.18 bits per heavy atom. The first kappa shape index (κ1) is 16.5. The first-order chi connectivity index (χ1) is 7.26. The number of rotatable bonds is 2. The van der Waals surface area contributed by atoms with Crippen LogP contribution >= 0.6 is 24.8 Å². The topological polar surface area (TPSA) is 47.3 Å². The van der Waals surface area contributed by atoms with E-state index >= 15 is 0 Å². The van der Waals surface area contributed by atoms with Crippen LogP contribution in [0.25, 0.3) is 0 Å². The summed E-state index contributed by atoms with van der Waals surface area (Å²) in [6, 6.07) is 8.05. The molecule has 98 valence electrons. The molecule has 17 heavy (non-hydrogen) atoms. The van der Waals surface area contributed by atoms with Crippen molar-refractivity contribution in [2.45, 2.75) is 18.4 Å². The highest BCUT2D eigenvalue weighted by Crippen LogP contribution is 2.33. The van der Waals surface area contributed by atoms with Crippen molar-refractivity contribution in [1.29, 1.82) is 0 Å². The van der Waals surface area contributed by atoms with Crippen molar-refractivity contribution in [3.63, 3.8) is 0 Å². The van der Waals surface area contributed by atoms with Crippen LogP contribution in [-0.2, 0) is 5.54 Å². The standard InChI is InChI=1S/C12H18N2O.2ClH/c1-15-11-5-3-2-4-10(11)12(13)6-8-14-9-7-12;;/h2-5,14H,6-9,13H2,1H3;2*1H. The maximum atomic E-state index is 6.44. The van der Waals surface area contributed by atoms with E-state index in [4.69, 9.17) is 10.5 Å². The maximum absolute atomic E-state index is 6.44. The number of nitrogens with one attached hydrogen (secondary N) is 1. The minimum atomic E-state index is -0.224. The van der Waals surface area contributed by atoms with Gasteiger partial charge in [0.1, 0.15) is 5.75 Å². The normalized spacial score (nSPS) is 17.5. The van der Waals surface area contributed by atoms with E-state index in [1.807, 2.05) is 18.2 Å². The van der Waals surface area contributed by atoms with Gasteiger partial charge in [-0.3, -0.25) is 0 Å². The third-order valence-electron chi connectivity index (χ3n) is 3.14. The van der Waals surface area contributed by atoms with Gasteiger partial charge in [0, 0.05) is 11.1 Å². The summed E-state index contributed by atoms with van der Waals surface area (Å²) >= 11 is 0. The van der Waals surface area contributed by atoms with Gasteiger partial charge in [0.2, 0.25) is 0 Å². The Bertz CT molecular complexity index is 341. The smallest absolute Gasteiger partial charge is 0.123 e. The van der Waals surface area contributed by atoms with E-state index in [1.165, 1.54) is 0 Å². The molecule has 0 amide bonds. The lowest BCUT2D eigenvalue weighted by Gasteiger charge is -2.35. The van der Waals surface area contributed by atoms with Crippen molar-refractivity contribution >= 4 is 24.8 Å². The first-order valence-corrected chi connectivity index (χ1v) is 5.39. The van der Waals surface area contributed by atoms with Gasteiger partial charge in [0.25, 0.3) is 0 Å². The highest BCUT2D eigenvalue weighted by atomic mass is 35.5. The zero-order valence-electron chi connectivity index (χ0n) is 9.94. The van der Waals surface area contributed by atoms with Crippen LogP contribution < -0.4 is 15.8 Å².